The zero-order valence-corrected chi connectivity index (χ0v) is 39.1. The Labute approximate surface area is 388 Å². The Kier molecular flexibility index (Phi) is 17.5. The zero-order valence-electron chi connectivity index (χ0n) is 36.0. The molecule has 7 rings (SSSR count). The summed E-state index contributed by atoms with van der Waals surface area (Å²) in [5, 5.41) is 26.5. The molecule has 0 radical (unpaired) electrons. The molecule has 0 bridgehead atoms. The average molecular weight is 952 g/mol. The Morgan fingerprint density at radius 1 is 0.906 bits per heavy atom. The molecule has 5 heterocycles. The van der Waals surface area contributed by atoms with Crippen molar-refractivity contribution >= 4 is 69.4 Å². The van der Waals surface area contributed by atoms with Crippen LogP contribution in [-0.4, -0.2) is 104 Å². The summed E-state index contributed by atoms with van der Waals surface area (Å²) < 4.78 is 25.4. The van der Waals surface area contributed by atoms with E-state index in [0.29, 0.717) is 79.8 Å². The van der Waals surface area contributed by atoms with Gasteiger partial charge in [0, 0.05) is 38.9 Å². The third-order valence-corrected chi connectivity index (χ3v) is 12.1. The molecule has 1 aliphatic rings. The number of nitrogens with zero attached hydrogens (tertiary/aromatic N) is 8. The van der Waals surface area contributed by atoms with Crippen LogP contribution in [0.25, 0.3) is 15.6 Å². The van der Waals surface area contributed by atoms with Gasteiger partial charge in [-0.1, -0.05) is 40.5 Å². The van der Waals surface area contributed by atoms with Crippen LogP contribution >= 0.6 is 45.9 Å². The molecule has 21 heteroatoms. The van der Waals surface area contributed by atoms with Crippen molar-refractivity contribution in [1.82, 2.24) is 45.4 Å². The van der Waals surface area contributed by atoms with E-state index in [1.165, 1.54) is 34.3 Å². The van der Waals surface area contributed by atoms with Gasteiger partial charge in [0.05, 0.1) is 75.2 Å². The van der Waals surface area contributed by atoms with Gasteiger partial charge in [0.1, 0.15) is 47.0 Å². The van der Waals surface area contributed by atoms with Crippen LogP contribution in [0.4, 0.5) is 0 Å². The van der Waals surface area contributed by atoms with E-state index in [4.69, 9.17) is 47.1 Å². The van der Waals surface area contributed by atoms with Gasteiger partial charge in [-0.05, 0) is 63.6 Å². The van der Waals surface area contributed by atoms with Gasteiger partial charge in [-0.3, -0.25) is 23.9 Å². The molecule has 1 aliphatic heterocycles. The lowest BCUT2D eigenvalue weighted by Gasteiger charge is -2.09. The number of thiophene rings is 1. The molecule has 6 aromatic rings. The first-order chi connectivity index (χ1) is 30.9. The molecule has 338 valence electrons. The highest BCUT2D eigenvalue weighted by Crippen LogP contribution is 2.36. The Morgan fingerprint density at radius 2 is 1.67 bits per heavy atom. The number of thiazole rings is 1. The number of fused-ring (bicyclic) bond motifs is 3. The molecular weight excluding hydrogens is 904 g/mol. The summed E-state index contributed by atoms with van der Waals surface area (Å²) in [7, 11) is 0. The van der Waals surface area contributed by atoms with E-state index in [-0.39, 0.29) is 31.4 Å². The van der Waals surface area contributed by atoms with Gasteiger partial charge in [0.25, 0.3) is 0 Å². The van der Waals surface area contributed by atoms with Crippen molar-refractivity contribution in [3.05, 3.63) is 109 Å². The molecule has 0 saturated carbocycles. The highest BCUT2D eigenvalue weighted by Gasteiger charge is 2.26. The molecular formula is C43H48Cl2N10O7S2. The summed E-state index contributed by atoms with van der Waals surface area (Å²) in [6, 6.07) is 13.2. The molecule has 2 aromatic carbocycles. The smallest absolute Gasteiger partial charge is 0.325 e. The Hall–Kier alpha value is -5.57. The van der Waals surface area contributed by atoms with Gasteiger partial charge < -0.3 is 29.6 Å². The minimum absolute atomic E-state index is 0.0452. The fourth-order valence-electron chi connectivity index (χ4n) is 6.21. The molecule has 4 aromatic heterocycles. The molecule has 2 amide bonds. The number of esters is 1. The number of aryl methyl sites for hydroxylation is 2. The number of rotatable bonds is 19. The number of benzene rings is 2. The predicted octanol–water partition coefficient (Wildman–Crippen LogP) is 6.28. The van der Waals surface area contributed by atoms with Crippen LogP contribution in [0.2, 0.25) is 10.0 Å². The third-order valence-electron chi connectivity index (χ3n) is 9.43. The van der Waals surface area contributed by atoms with E-state index >= 15 is 0 Å². The monoisotopic (exact) mass is 950 g/mol. The lowest BCUT2D eigenvalue weighted by atomic mass is 10.00. The number of ether oxygens (including phenoxy) is 4. The maximum atomic E-state index is 12.1. The first-order valence-electron chi connectivity index (χ1n) is 20.3. The summed E-state index contributed by atoms with van der Waals surface area (Å²) >= 11 is 15.6. The van der Waals surface area contributed by atoms with E-state index in [1.807, 2.05) is 37.3 Å². The normalized spacial score (nSPS) is 11.7. The van der Waals surface area contributed by atoms with Crippen molar-refractivity contribution in [2.75, 3.05) is 46.2 Å². The van der Waals surface area contributed by atoms with Crippen molar-refractivity contribution in [3.8, 4) is 21.3 Å². The summed E-state index contributed by atoms with van der Waals surface area (Å²) in [5.41, 5.74) is 6.51. The predicted molar refractivity (Wildman–Crippen MR) is 245 cm³/mol. The van der Waals surface area contributed by atoms with E-state index in [9.17, 15) is 14.4 Å². The molecule has 0 saturated heterocycles. The van der Waals surface area contributed by atoms with E-state index in [0.717, 1.165) is 38.5 Å². The second-order valence-electron chi connectivity index (χ2n) is 14.1. The van der Waals surface area contributed by atoms with E-state index < -0.39 is 5.97 Å². The van der Waals surface area contributed by atoms with Crippen molar-refractivity contribution in [3.63, 3.8) is 0 Å². The summed E-state index contributed by atoms with van der Waals surface area (Å²) in [5.74, 6) is 1.46. The molecule has 0 unspecified atom stereocenters. The largest absolute Gasteiger partial charge is 0.491 e. The quantitative estimate of drug-likeness (QED) is 0.0682. The Bertz CT molecular complexity index is 2570. The van der Waals surface area contributed by atoms with Gasteiger partial charge in [-0.2, -0.15) is 0 Å². The molecule has 17 nitrogen and oxygen atoms in total. The first-order valence-corrected chi connectivity index (χ1v) is 22.8. The second-order valence-corrected chi connectivity index (χ2v) is 17.0. The number of aliphatic imine (C=N–C) groups is 1. The fourth-order valence-corrected chi connectivity index (χ4v) is 8.74. The number of halogens is 2. The van der Waals surface area contributed by atoms with Crippen molar-refractivity contribution in [1.29, 1.82) is 0 Å². The van der Waals surface area contributed by atoms with E-state index in [1.54, 1.807) is 46.7 Å². The third kappa shape index (κ3) is 13.2. The van der Waals surface area contributed by atoms with Crippen LogP contribution in [0, 0.1) is 20.8 Å². The van der Waals surface area contributed by atoms with Gasteiger partial charge >= 0.3 is 5.97 Å². The van der Waals surface area contributed by atoms with Crippen LogP contribution in [0.15, 0.2) is 59.0 Å². The lowest BCUT2D eigenvalue weighted by Crippen LogP contribution is -2.31. The minimum atomic E-state index is -0.485. The lowest BCUT2D eigenvalue weighted by molar-refractivity contribution is -0.143. The summed E-state index contributed by atoms with van der Waals surface area (Å²) in [4.78, 5) is 45.0. The highest BCUT2D eigenvalue weighted by molar-refractivity contribution is 7.15. The minimum Gasteiger partial charge on any atom is -0.491 e. The second kappa shape index (κ2) is 23.4. The molecule has 64 heavy (non-hydrogen) atoms. The van der Waals surface area contributed by atoms with Crippen molar-refractivity contribution in [2.45, 2.75) is 60.7 Å². The number of nitrogens with one attached hydrogen (secondary N) is 2. The van der Waals surface area contributed by atoms with Crippen LogP contribution in [-0.2, 0) is 54.6 Å². The standard InChI is InChI=1S/C26H33ClN6O7S.C17H15ClN4S/c1-3-39-25(36)15-29-24(35)12-19-17-41-26(30-19)22-5-4-21(13-23(22)27)40-11-10-38-9-8-37-7-6-33-16-20(31-32-33)14-28-18(2)34;1-9-10(2)23-17-15(9)16(12-4-6-13(18)7-5-12)19-8-14-21-20-11(3)22(14)17/h4-5,13,16-17H,3,6-12,14-15H2,1-2H3,(H,28,34)(H,29,35);4-7H,8H2,1-3H3. The highest BCUT2D eigenvalue weighted by atomic mass is 35.5. The van der Waals surface area contributed by atoms with Crippen LogP contribution in [0.5, 0.6) is 5.75 Å². The topological polar surface area (TPSA) is 199 Å². The SMILES string of the molecule is CCOC(=O)CNC(=O)Cc1csc(-c2ccc(OCCOCCOCCn3cc(CNC(C)=O)nn3)cc2Cl)n1.Cc1sc2c(c1C)C(c1ccc(Cl)cc1)=NCc1nnc(C)n1-2. The number of hydrogen-bond donors (Lipinski definition) is 2. The zero-order chi connectivity index (χ0) is 45.6. The van der Waals surface area contributed by atoms with Crippen LogP contribution in [0.1, 0.15) is 58.5 Å². The van der Waals surface area contributed by atoms with Gasteiger partial charge in [0.15, 0.2) is 5.82 Å². The van der Waals surface area contributed by atoms with Crippen molar-refractivity contribution < 1.29 is 33.3 Å². The number of amides is 2. The van der Waals surface area contributed by atoms with Crippen molar-refractivity contribution in [2.24, 2.45) is 4.99 Å². The van der Waals surface area contributed by atoms with Gasteiger partial charge in [-0.25, -0.2) is 9.67 Å². The summed E-state index contributed by atoms with van der Waals surface area (Å²) in [6.45, 7) is 13.0. The first kappa shape index (κ1) is 47.9. The Balaban J connectivity index is 0.000000247. The Morgan fingerprint density at radius 3 is 2.42 bits per heavy atom. The fraction of sp³-hybridized carbons (Fsp3) is 0.372. The maximum absolute atomic E-state index is 12.1. The molecule has 0 spiro atoms. The average Bonchev–Trinajstić information content (AvgIpc) is 4.05. The number of hydrogen-bond acceptors (Lipinski definition) is 15. The van der Waals surface area contributed by atoms with Crippen LogP contribution in [0.3, 0.4) is 0 Å². The number of carbonyl (C=O) groups is 3. The maximum Gasteiger partial charge on any atom is 0.325 e. The molecule has 0 aliphatic carbocycles. The van der Waals surface area contributed by atoms with E-state index in [2.05, 4.69) is 54.5 Å². The number of carbonyl (C=O) groups excluding carboxylic acids is 3. The molecule has 2 N–H and O–H groups in total. The number of aromatic nitrogens is 7. The van der Waals surface area contributed by atoms with Crippen LogP contribution < -0.4 is 15.4 Å². The summed E-state index contributed by atoms with van der Waals surface area (Å²) in [6.07, 6.45) is 1.81. The van der Waals surface area contributed by atoms with Gasteiger partial charge in [0.2, 0.25) is 11.8 Å². The molecule has 0 fully saturated rings. The molecule has 0 atom stereocenters. The van der Waals surface area contributed by atoms with Gasteiger partial charge in [-0.15, -0.1) is 38.0 Å².